The molecule has 3 aromatic rings. The van der Waals surface area contributed by atoms with Crippen LogP contribution in [0.25, 0.3) is 5.65 Å². The lowest BCUT2D eigenvalue weighted by atomic mass is 9.93. The maximum absolute atomic E-state index is 12.9. The Hall–Kier alpha value is -2.58. The number of aryl methyl sites for hydroxylation is 2. The molecule has 23 heavy (non-hydrogen) atoms. The van der Waals surface area contributed by atoms with Gasteiger partial charge < -0.3 is 5.32 Å². The molecule has 0 fully saturated rings. The summed E-state index contributed by atoms with van der Waals surface area (Å²) in [5, 5.41) is 19.1. The number of rotatable bonds is 3. The Morgan fingerprint density at radius 2 is 2.13 bits per heavy atom. The lowest BCUT2D eigenvalue weighted by molar-refractivity contribution is 0.137. The highest BCUT2D eigenvalue weighted by Gasteiger charge is 2.24. The van der Waals surface area contributed by atoms with Crippen LogP contribution in [0.4, 0.5) is 14.6 Å². The third-order valence-corrected chi connectivity index (χ3v) is 4.02. The molecular weight excluding hydrogens is 304 g/mol. The summed E-state index contributed by atoms with van der Waals surface area (Å²) in [7, 11) is 1.89. The molecule has 4 rings (SSSR count). The lowest BCUT2D eigenvalue weighted by Gasteiger charge is -2.23. The highest BCUT2D eigenvalue weighted by Crippen LogP contribution is 2.31. The van der Waals surface area contributed by atoms with Crippen molar-refractivity contribution in [2.24, 2.45) is 7.05 Å². The molecule has 0 aromatic carbocycles. The number of hydrogen-bond acceptors (Lipinski definition) is 5. The van der Waals surface area contributed by atoms with Crippen molar-refractivity contribution in [2.45, 2.75) is 31.7 Å². The van der Waals surface area contributed by atoms with Crippen molar-refractivity contribution in [3.05, 3.63) is 35.4 Å². The fourth-order valence-electron chi connectivity index (χ4n) is 3.01. The molecule has 7 nitrogen and oxygen atoms in total. The fourth-order valence-corrected chi connectivity index (χ4v) is 3.01. The number of nitrogens with one attached hydrogen (secondary N) is 1. The molecule has 0 saturated heterocycles. The molecular formula is C14H15F2N7. The Kier molecular flexibility index (Phi) is 3.21. The van der Waals surface area contributed by atoms with Gasteiger partial charge in [-0.1, -0.05) is 0 Å². The molecule has 1 N–H and O–H groups in total. The third-order valence-electron chi connectivity index (χ3n) is 4.02. The van der Waals surface area contributed by atoms with Gasteiger partial charge in [0.2, 0.25) is 5.82 Å². The average molecular weight is 319 g/mol. The minimum atomic E-state index is -2.72. The number of alkyl halides is 2. The zero-order valence-electron chi connectivity index (χ0n) is 12.4. The van der Waals surface area contributed by atoms with Crippen molar-refractivity contribution in [2.75, 3.05) is 5.32 Å². The second-order valence-electron chi connectivity index (χ2n) is 5.64. The van der Waals surface area contributed by atoms with Crippen LogP contribution in [0.15, 0.2) is 18.3 Å². The van der Waals surface area contributed by atoms with Crippen LogP contribution in [0.5, 0.6) is 0 Å². The van der Waals surface area contributed by atoms with E-state index in [9.17, 15) is 8.78 Å². The Balaban J connectivity index is 1.67. The van der Waals surface area contributed by atoms with E-state index in [0.29, 0.717) is 11.5 Å². The first kappa shape index (κ1) is 14.0. The normalized spacial score (nSPS) is 17.7. The molecule has 0 radical (unpaired) electrons. The van der Waals surface area contributed by atoms with Crippen LogP contribution in [-0.2, 0) is 13.5 Å². The molecule has 0 aliphatic heterocycles. The molecule has 1 aliphatic rings. The summed E-state index contributed by atoms with van der Waals surface area (Å²) in [6.07, 6.45) is 2.21. The Bertz CT molecular complexity index is 854. The van der Waals surface area contributed by atoms with Gasteiger partial charge in [0.05, 0.1) is 11.7 Å². The van der Waals surface area contributed by atoms with Gasteiger partial charge in [-0.2, -0.15) is 9.61 Å². The molecule has 0 amide bonds. The predicted molar refractivity (Wildman–Crippen MR) is 78.2 cm³/mol. The zero-order chi connectivity index (χ0) is 16.0. The monoisotopic (exact) mass is 319 g/mol. The van der Waals surface area contributed by atoms with Crippen LogP contribution in [0, 0.1) is 0 Å². The Labute approximate surface area is 130 Å². The predicted octanol–water partition coefficient (Wildman–Crippen LogP) is 2.28. The minimum Gasteiger partial charge on any atom is -0.362 e. The van der Waals surface area contributed by atoms with Crippen LogP contribution in [0.2, 0.25) is 0 Å². The van der Waals surface area contributed by atoms with Crippen LogP contribution < -0.4 is 5.32 Å². The Morgan fingerprint density at radius 1 is 1.26 bits per heavy atom. The molecule has 0 bridgehead atoms. The van der Waals surface area contributed by atoms with E-state index in [1.807, 2.05) is 13.2 Å². The zero-order valence-corrected chi connectivity index (χ0v) is 12.4. The first-order valence-electron chi connectivity index (χ1n) is 7.41. The van der Waals surface area contributed by atoms with E-state index in [1.165, 1.54) is 0 Å². The van der Waals surface area contributed by atoms with Crippen molar-refractivity contribution in [3.8, 4) is 0 Å². The van der Waals surface area contributed by atoms with Gasteiger partial charge in [-0.15, -0.1) is 15.3 Å². The fraction of sp³-hybridized carbons (Fsp3) is 0.429. The van der Waals surface area contributed by atoms with Crippen molar-refractivity contribution in [1.29, 1.82) is 0 Å². The van der Waals surface area contributed by atoms with Crippen LogP contribution in [-0.4, -0.2) is 29.6 Å². The summed E-state index contributed by atoms with van der Waals surface area (Å²) < 4.78 is 28.7. The standard InChI is InChI=1S/C14H15F2N7/c1-22-7-8-9(3-2-4-10(8)20-22)17-11-5-6-12-18-19-14(13(15)16)23(12)21-11/h5-7,9,13H,2-4H2,1H3,(H,17,21). The highest BCUT2D eigenvalue weighted by molar-refractivity contribution is 5.46. The van der Waals surface area contributed by atoms with Gasteiger partial charge in [0.1, 0.15) is 5.82 Å². The summed E-state index contributed by atoms with van der Waals surface area (Å²) in [4.78, 5) is 0. The van der Waals surface area contributed by atoms with E-state index < -0.39 is 12.2 Å². The molecule has 3 aromatic heterocycles. The van der Waals surface area contributed by atoms with E-state index in [4.69, 9.17) is 0 Å². The maximum atomic E-state index is 12.9. The molecule has 3 heterocycles. The molecule has 0 spiro atoms. The first-order chi connectivity index (χ1) is 11.1. The van der Waals surface area contributed by atoms with E-state index in [2.05, 4.69) is 25.7 Å². The summed E-state index contributed by atoms with van der Waals surface area (Å²) in [5.41, 5.74) is 2.52. The summed E-state index contributed by atoms with van der Waals surface area (Å²) in [5.74, 6) is 0.0651. The highest BCUT2D eigenvalue weighted by atomic mass is 19.3. The minimum absolute atomic E-state index is 0.0730. The van der Waals surface area contributed by atoms with E-state index in [0.717, 1.165) is 35.0 Å². The number of hydrogen-bond donors (Lipinski definition) is 1. The van der Waals surface area contributed by atoms with Gasteiger partial charge in [0.15, 0.2) is 5.65 Å². The molecule has 1 unspecified atom stereocenters. The largest absolute Gasteiger partial charge is 0.362 e. The van der Waals surface area contributed by atoms with E-state index >= 15 is 0 Å². The van der Waals surface area contributed by atoms with Crippen molar-refractivity contribution >= 4 is 11.5 Å². The molecule has 1 aliphatic carbocycles. The van der Waals surface area contributed by atoms with Crippen LogP contribution in [0.3, 0.4) is 0 Å². The summed E-state index contributed by atoms with van der Waals surface area (Å²) in [6, 6.07) is 3.43. The Morgan fingerprint density at radius 3 is 2.96 bits per heavy atom. The van der Waals surface area contributed by atoms with Gasteiger partial charge in [-0.05, 0) is 31.4 Å². The van der Waals surface area contributed by atoms with Gasteiger partial charge in [0, 0.05) is 18.8 Å². The number of nitrogens with zero attached hydrogens (tertiary/aromatic N) is 6. The number of fused-ring (bicyclic) bond motifs is 2. The van der Waals surface area contributed by atoms with Crippen molar-refractivity contribution < 1.29 is 8.78 Å². The summed E-state index contributed by atoms with van der Waals surface area (Å²) in [6.45, 7) is 0. The number of halogens is 2. The molecule has 9 heteroatoms. The van der Waals surface area contributed by atoms with Gasteiger partial charge in [-0.3, -0.25) is 4.68 Å². The first-order valence-corrected chi connectivity index (χ1v) is 7.41. The summed E-state index contributed by atoms with van der Waals surface area (Å²) >= 11 is 0. The van der Waals surface area contributed by atoms with E-state index in [-0.39, 0.29) is 6.04 Å². The molecule has 0 saturated carbocycles. The molecule has 120 valence electrons. The van der Waals surface area contributed by atoms with E-state index in [1.54, 1.807) is 16.8 Å². The SMILES string of the molecule is Cn1cc2c(n1)CCCC2Nc1ccc2nnc(C(F)F)n2n1. The van der Waals surface area contributed by atoms with Crippen molar-refractivity contribution in [1.82, 2.24) is 29.6 Å². The van der Waals surface area contributed by atoms with Crippen LogP contribution in [0.1, 0.15) is 42.4 Å². The van der Waals surface area contributed by atoms with Gasteiger partial charge in [0.25, 0.3) is 6.43 Å². The lowest BCUT2D eigenvalue weighted by Crippen LogP contribution is -2.17. The topological polar surface area (TPSA) is 72.9 Å². The number of aromatic nitrogens is 6. The smallest absolute Gasteiger partial charge is 0.299 e. The van der Waals surface area contributed by atoms with Crippen molar-refractivity contribution in [3.63, 3.8) is 0 Å². The average Bonchev–Trinajstić information content (AvgIpc) is 3.10. The van der Waals surface area contributed by atoms with Gasteiger partial charge >= 0.3 is 0 Å². The second-order valence-corrected chi connectivity index (χ2v) is 5.64. The maximum Gasteiger partial charge on any atom is 0.299 e. The quantitative estimate of drug-likeness (QED) is 0.802. The number of anilines is 1. The van der Waals surface area contributed by atoms with Gasteiger partial charge in [-0.25, -0.2) is 8.78 Å². The third kappa shape index (κ3) is 2.41. The molecule has 1 atom stereocenters. The van der Waals surface area contributed by atoms with Crippen LogP contribution >= 0.6 is 0 Å². The second kappa shape index (κ2) is 5.25.